The van der Waals surface area contributed by atoms with Gasteiger partial charge in [0.05, 0.1) is 11.6 Å². The van der Waals surface area contributed by atoms with E-state index in [0.29, 0.717) is 12.1 Å². The van der Waals surface area contributed by atoms with Gasteiger partial charge in [-0.1, -0.05) is 25.1 Å². The zero-order valence-corrected chi connectivity index (χ0v) is 12.5. The van der Waals surface area contributed by atoms with E-state index in [0.717, 1.165) is 35.7 Å². The number of hydrogen-bond acceptors (Lipinski definition) is 4. The number of nitrogens with two attached hydrogens (primary N) is 1. The molecule has 0 aliphatic heterocycles. The lowest BCUT2D eigenvalue weighted by Gasteiger charge is -2.24. The fraction of sp³-hybridized carbons (Fsp3) is 0.294. The van der Waals surface area contributed by atoms with Gasteiger partial charge in [0.15, 0.2) is 0 Å². The van der Waals surface area contributed by atoms with E-state index in [1.165, 1.54) is 0 Å². The van der Waals surface area contributed by atoms with Gasteiger partial charge in [-0.15, -0.1) is 0 Å². The van der Waals surface area contributed by atoms with Crippen molar-refractivity contribution in [3.8, 4) is 6.07 Å². The molecule has 2 aromatic rings. The molecule has 0 radical (unpaired) electrons. The summed E-state index contributed by atoms with van der Waals surface area (Å²) in [6.07, 6.45) is 1.00. The van der Waals surface area contributed by atoms with Crippen molar-refractivity contribution < 1.29 is 0 Å². The zero-order chi connectivity index (χ0) is 15.2. The van der Waals surface area contributed by atoms with Gasteiger partial charge < -0.3 is 10.6 Å². The third kappa shape index (κ3) is 3.73. The molecule has 0 aliphatic carbocycles. The molecular weight excluding hydrogens is 260 g/mol. The minimum absolute atomic E-state index is 0.639. The van der Waals surface area contributed by atoms with Crippen molar-refractivity contribution in [3.05, 3.63) is 53.2 Å². The molecule has 2 N–H and O–H groups in total. The first-order valence-electron chi connectivity index (χ1n) is 7.11. The van der Waals surface area contributed by atoms with Crippen molar-refractivity contribution in [3.63, 3.8) is 0 Å². The predicted octanol–water partition coefficient (Wildman–Crippen LogP) is 3.26. The second-order valence-corrected chi connectivity index (χ2v) is 5.09. The maximum absolute atomic E-state index is 9.12. The highest BCUT2D eigenvalue weighted by Gasteiger charge is 2.11. The van der Waals surface area contributed by atoms with E-state index in [1.807, 2.05) is 37.3 Å². The Morgan fingerprint density at radius 1 is 1.29 bits per heavy atom. The standard InChI is InChI=1S/C17H20N4/c1-3-8-21(12-15-6-4-5-7-16(15)19)17-10-14(11-18)9-13(2)20-17/h4-7,9-10H,3,8,12,19H2,1-2H3. The predicted molar refractivity (Wildman–Crippen MR) is 85.9 cm³/mol. The van der Waals surface area contributed by atoms with Crippen molar-refractivity contribution >= 4 is 11.5 Å². The third-order valence-electron chi connectivity index (χ3n) is 3.30. The first-order valence-corrected chi connectivity index (χ1v) is 7.11. The minimum Gasteiger partial charge on any atom is -0.398 e. The molecule has 4 nitrogen and oxygen atoms in total. The molecule has 0 aliphatic rings. The number of anilines is 2. The van der Waals surface area contributed by atoms with Crippen molar-refractivity contribution in [1.82, 2.24) is 4.98 Å². The van der Waals surface area contributed by atoms with Crippen LogP contribution >= 0.6 is 0 Å². The van der Waals surface area contributed by atoms with Gasteiger partial charge in [-0.05, 0) is 37.1 Å². The van der Waals surface area contributed by atoms with Crippen molar-refractivity contribution in [2.75, 3.05) is 17.2 Å². The molecule has 0 unspecified atom stereocenters. The average molecular weight is 280 g/mol. The highest BCUT2D eigenvalue weighted by atomic mass is 15.2. The fourth-order valence-corrected chi connectivity index (χ4v) is 2.31. The number of para-hydroxylation sites is 1. The number of pyridine rings is 1. The van der Waals surface area contributed by atoms with Gasteiger partial charge in [-0.25, -0.2) is 4.98 Å². The normalized spacial score (nSPS) is 10.1. The van der Waals surface area contributed by atoms with Crippen LogP contribution in [0.15, 0.2) is 36.4 Å². The quantitative estimate of drug-likeness (QED) is 0.854. The second kappa shape index (κ2) is 6.76. The Balaban J connectivity index is 2.33. The summed E-state index contributed by atoms with van der Waals surface area (Å²) >= 11 is 0. The van der Waals surface area contributed by atoms with Gasteiger partial charge in [-0.2, -0.15) is 5.26 Å². The Kier molecular flexibility index (Phi) is 4.78. The molecule has 0 saturated heterocycles. The molecule has 2 rings (SSSR count). The molecule has 21 heavy (non-hydrogen) atoms. The van der Waals surface area contributed by atoms with Crippen LogP contribution in [0.2, 0.25) is 0 Å². The maximum atomic E-state index is 9.12. The molecule has 0 bridgehead atoms. The van der Waals surface area contributed by atoms with Crippen LogP contribution in [0, 0.1) is 18.3 Å². The zero-order valence-electron chi connectivity index (χ0n) is 12.5. The molecule has 108 valence electrons. The van der Waals surface area contributed by atoms with Crippen molar-refractivity contribution in [1.29, 1.82) is 5.26 Å². The van der Waals surface area contributed by atoms with Gasteiger partial charge >= 0.3 is 0 Å². The van der Waals surface area contributed by atoms with Crippen LogP contribution in [0.25, 0.3) is 0 Å². The largest absolute Gasteiger partial charge is 0.398 e. The number of nitrogen functional groups attached to an aromatic ring is 1. The lowest BCUT2D eigenvalue weighted by molar-refractivity contribution is 0.753. The molecule has 4 heteroatoms. The maximum Gasteiger partial charge on any atom is 0.130 e. The lowest BCUT2D eigenvalue weighted by atomic mass is 10.1. The second-order valence-electron chi connectivity index (χ2n) is 5.09. The molecule has 1 aromatic carbocycles. The Morgan fingerprint density at radius 2 is 2.05 bits per heavy atom. The van der Waals surface area contributed by atoms with Gasteiger partial charge in [0.25, 0.3) is 0 Å². The van der Waals surface area contributed by atoms with E-state index in [1.54, 1.807) is 6.07 Å². The van der Waals surface area contributed by atoms with E-state index in [2.05, 4.69) is 22.9 Å². The lowest BCUT2D eigenvalue weighted by Crippen LogP contribution is -2.25. The van der Waals surface area contributed by atoms with Gasteiger partial charge in [0.1, 0.15) is 5.82 Å². The minimum atomic E-state index is 0.639. The van der Waals surface area contributed by atoms with Crippen LogP contribution < -0.4 is 10.6 Å². The number of benzene rings is 1. The molecule has 0 fully saturated rings. The summed E-state index contributed by atoms with van der Waals surface area (Å²) in [6, 6.07) is 13.7. The third-order valence-corrected chi connectivity index (χ3v) is 3.30. The van der Waals surface area contributed by atoms with E-state index in [9.17, 15) is 0 Å². The number of nitrogens with zero attached hydrogens (tertiary/aromatic N) is 3. The fourth-order valence-electron chi connectivity index (χ4n) is 2.31. The first kappa shape index (κ1) is 14.9. The molecule has 1 aromatic heterocycles. The van der Waals surface area contributed by atoms with E-state index in [4.69, 9.17) is 11.0 Å². The van der Waals surface area contributed by atoms with Crippen molar-refractivity contribution in [2.24, 2.45) is 0 Å². The smallest absolute Gasteiger partial charge is 0.130 e. The van der Waals surface area contributed by atoms with E-state index >= 15 is 0 Å². The summed E-state index contributed by atoms with van der Waals surface area (Å²) < 4.78 is 0. The molecule has 0 atom stereocenters. The summed E-state index contributed by atoms with van der Waals surface area (Å²) in [6.45, 7) is 5.60. The summed E-state index contributed by atoms with van der Waals surface area (Å²) in [5.41, 5.74) is 9.38. The molecule has 0 spiro atoms. The van der Waals surface area contributed by atoms with E-state index < -0.39 is 0 Å². The molecule has 0 amide bonds. The van der Waals surface area contributed by atoms with Crippen LogP contribution in [0.1, 0.15) is 30.2 Å². The average Bonchev–Trinajstić information content (AvgIpc) is 2.48. The molecule has 1 heterocycles. The number of aryl methyl sites for hydroxylation is 1. The highest BCUT2D eigenvalue weighted by molar-refractivity contribution is 5.51. The van der Waals surface area contributed by atoms with Gasteiger partial charge in [0.2, 0.25) is 0 Å². The van der Waals surface area contributed by atoms with Crippen LogP contribution in [-0.2, 0) is 6.54 Å². The Bertz CT molecular complexity index is 658. The van der Waals surface area contributed by atoms with Crippen LogP contribution in [0.5, 0.6) is 0 Å². The number of rotatable bonds is 5. The summed E-state index contributed by atoms with van der Waals surface area (Å²) in [7, 11) is 0. The number of aromatic nitrogens is 1. The van der Waals surface area contributed by atoms with Gasteiger partial charge in [-0.3, -0.25) is 0 Å². The number of hydrogen-bond donors (Lipinski definition) is 1. The molecule has 0 saturated carbocycles. The van der Waals surface area contributed by atoms with E-state index in [-0.39, 0.29) is 0 Å². The molecular formula is C17H20N4. The monoisotopic (exact) mass is 280 g/mol. The Morgan fingerprint density at radius 3 is 2.71 bits per heavy atom. The Labute approximate surface area is 125 Å². The summed E-state index contributed by atoms with van der Waals surface area (Å²) in [4.78, 5) is 6.73. The van der Waals surface area contributed by atoms with Crippen LogP contribution in [-0.4, -0.2) is 11.5 Å². The Hall–Kier alpha value is -2.54. The van der Waals surface area contributed by atoms with Gasteiger partial charge in [0, 0.05) is 24.5 Å². The highest BCUT2D eigenvalue weighted by Crippen LogP contribution is 2.20. The summed E-state index contributed by atoms with van der Waals surface area (Å²) in [5.74, 6) is 0.830. The number of nitriles is 1. The summed E-state index contributed by atoms with van der Waals surface area (Å²) in [5, 5.41) is 9.12. The van der Waals surface area contributed by atoms with Crippen LogP contribution in [0.3, 0.4) is 0 Å². The van der Waals surface area contributed by atoms with Crippen molar-refractivity contribution in [2.45, 2.75) is 26.8 Å². The first-order chi connectivity index (χ1) is 10.1. The van der Waals surface area contributed by atoms with Crippen LogP contribution in [0.4, 0.5) is 11.5 Å². The SMILES string of the molecule is CCCN(Cc1ccccc1N)c1cc(C#N)cc(C)n1. The topological polar surface area (TPSA) is 65.9 Å².